The Morgan fingerprint density at radius 1 is 1.47 bits per heavy atom. The molecule has 5 nitrogen and oxygen atoms in total. The minimum atomic E-state index is -0.356. The molecule has 2 N–H and O–H groups in total. The summed E-state index contributed by atoms with van der Waals surface area (Å²) < 4.78 is 0. The molecule has 96 valence electrons. The topological polar surface area (TPSA) is 69.6 Å². The lowest BCUT2D eigenvalue weighted by atomic mass is 10.1. The van der Waals surface area contributed by atoms with Gasteiger partial charge in [0.2, 0.25) is 11.8 Å². The van der Waals surface area contributed by atoms with E-state index in [4.69, 9.17) is 0 Å². The van der Waals surface area contributed by atoms with Crippen LogP contribution >= 0.6 is 0 Å². The maximum Gasteiger partial charge on any atom is 0.244 e. The summed E-state index contributed by atoms with van der Waals surface area (Å²) in [5.41, 5.74) is 0. The van der Waals surface area contributed by atoms with Crippen molar-refractivity contribution in [3.8, 4) is 0 Å². The fraction of sp³-hybridized carbons (Fsp3) is 0.833. The second-order valence-electron chi connectivity index (χ2n) is 5.14. The largest absolute Gasteiger partial charge is 0.393 e. The van der Waals surface area contributed by atoms with Crippen LogP contribution in [0.2, 0.25) is 0 Å². The van der Waals surface area contributed by atoms with Gasteiger partial charge in [0.1, 0.15) is 6.04 Å². The van der Waals surface area contributed by atoms with Crippen molar-refractivity contribution in [2.24, 2.45) is 5.92 Å². The van der Waals surface area contributed by atoms with E-state index in [1.54, 1.807) is 11.9 Å². The highest BCUT2D eigenvalue weighted by molar-refractivity contribution is 5.90. The average Bonchev–Trinajstić information content (AvgIpc) is 2.88. The Hall–Kier alpha value is -1.10. The van der Waals surface area contributed by atoms with E-state index in [0.29, 0.717) is 19.4 Å². The molecule has 0 bridgehead atoms. The third-order valence-corrected chi connectivity index (χ3v) is 3.80. The van der Waals surface area contributed by atoms with E-state index in [9.17, 15) is 14.7 Å². The summed E-state index contributed by atoms with van der Waals surface area (Å²) in [6, 6.07) is -0.356. The number of aliphatic hydroxyl groups is 1. The van der Waals surface area contributed by atoms with Crippen LogP contribution in [0.15, 0.2) is 0 Å². The summed E-state index contributed by atoms with van der Waals surface area (Å²) in [6.45, 7) is 0.590. The van der Waals surface area contributed by atoms with Crippen LogP contribution in [0.4, 0.5) is 0 Å². The maximum absolute atomic E-state index is 12.0. The van der Waals surface area contributed by atoms with Gasteiger partial charge in [-0.3, -0.25) is 9.59 Å². The SMILES string of the molecule is CN(C[C@@H]1CCC[C@@H]1O)C(=O)[C@H]1CCC(=O)N1. The van der Waals surface area contributed by atoms with Gasteiger partial charge >= 0.3 is 0 Å². The Bertz CT molecular complexity index is 319. The molecule has 0 aromatic rings. The van der Waals surface area contributed by atoms with Crippen molar-refractivity contribution < 1.29 is 14.7 Å². The number of hydrogen-bond donors (Lipinski definition) is 2. The third-order valence-electron chi connectivity index (χ3n) is 3.80. The van der Waals surface area contributed by atoms with Crippen LogP contribution in [0, 0.1) is 5.92 Å². The lowest BCUT2D eigenvalue weighted by molar-refractivity contribution is -0.134. The van der Waals surface area contributed by atoms with Gasteiger partial charge < -0.3 is 15.3 Å². The quantitative estimate of drug-likeness (QED) is 0.723. The Morgan fingerprint density at radius 2 is 2.24 bits per heavy atom. The Kier molecular flexibility index (Phi) is 3.66. The lowest BCUT2D eigenvalue weighted by Crippen LogP contribution is -2.45. The highest BCUT2D eigenvalue weighted by Gasteiger charge is 2.32. The Labute approximate surface area is 101 Å². The Morgan fingerprint density at radius 3 is 2.76 bits per heavy atom. The highest BCUT2D eigenvalue weighted by atomic mass is 16.3. The molecule has 0 aromatic heterocycles. The second kappa shape index (κ2) is 5.04. The predicted octanol–water partition coefficient (Wildman–Crippen LogP) is -0.116. The van der Waals surface area contributed by atoms with Crippen molar-refractivity contribution in [2.75, 3.05) is 13.6 Å². The van der Waals surface area contributed by atoms with Gasteiger partial charge in [-0.25, -0.2) is 0 Å². The van der Waals surface area contributed by atoms with Crippen LogP contribution in [0.1, 0.15) is 32.1 Å². The summed E-state index contributed by atoms with van der Waals surface area (Å²) >= 11 is 0. The van der Waals surface area contributed by atoms with E-state index in [0.717, 1.165) is 19.3 Å². The summed E-state index contributed by atoms with van der Waals surface area (Å²) in [6.07, 6.45) is 3.62. The molecule has 5 heteroatoms. The molecule has 3 atom stereocenters. The molecule has 1 aliphatic heterocycles. The molecular formula is C12H20N2O3. The number of aliphatic hydroxyl groups excluding tert-OH is 1. The normalized spacial score (nSPS) is 32.6. The maximum atomic E-state index is 12.0. The van der Waals surface area contributed by atoms with Crippen molar-refractivity contribution >= 4 is 11.8 Å². The van der Waals surface area contributed by atoms with Gasteiger partial charge in [0.25, 0.3) is 0 Å². The summed E-state index contributed by atoms with van der Waals surface area (Å²) in [7, 11) is 1.75. The molecule has 0 unspecified atom stereocenters. The number of amides is 2. The molecule has 0 radical (unpaired) electrons. The fourth-order valence-electron chi connectivity index (χ4n) is 2.74. The molecule has 1 saturated carbocycles. The minimum absolute atomic E-state index is 0.0325. The first kappa shape index (κ1) is 12.4. The van der Waals surface area contributed by atoms with Crippen LogP contribution in [0.25, 0.3) is 0 Å². The van der Waals surface area contributed by atoms with Gasteiger partial charge in [0.15, 0.2) is 0 Å². The zero-order valence-corrected chi connectivity index (χ0v) is 10.2. The van der Waals surface area contributed by atoms with Crippen molar-refractivity contribution in [2.45, 2.75) is 44.2 Å². The van der Waals surface area contributed by atoms with E-state index < -0.39 is 0 Å². The zero-order valence-electron chi connectivity index (χ0n) is 10.2. The molecule has 0 aromatic carbocycles. The Balaban J connectivity index is 1.84. The van der Waals surface area contributed by atoms with Gasteiger partial charge in [0.05, 0.1) is 6.10 Å². The van der Waals surface area contributed by atoms with E-state index in [2.05, 4.69) is 5.32 Å². The number of carbonyl (C=O) groups is 2. The number of carbonyl (C=O) groups excluding carboxylic acids is 2. The highest BCUT2D eigenvalue weighted by Crippen LogP contribution is 2.26. The van der Waals surface area contributed by atoms with E-state index in [1.807, 2.05) is 0 Å². The van der Waals surface area contributed by atoms with Crippen molar-refractivity contribution in [1.29, 1.82) is 0 Å². The molecule has 1 aliphatic carbocycles. The van der Waals surface area contributed by atoms with Crippen molar-refractivity contribution in [3.63, 3.8) is 0 Å². The first-order valence-corrected chi connectivity index (χ1v) is 6.30. The molecule has 0 spiro atoms. The number of nitrogens with zero attached hydrogens (tertiary/aromatic N) is 1. The number of hydrogen-bond acceptors (Lipinski definition) is 3. The summed E-state index contributed by atoms with van der Waals surface area (Å²) in [5.74, 6) is 0.119. The third kappa shape index (κ3) is 2.77. The monoisotopic (exact) mass is 240 g/mol. The molecule has 2 rings (SSSR count). The fourth-order valence-corrected chi connectivity index (χ4v) is 2.74. The van der Waals surface area contributed by atoms with Crippen LogP contribution in [-0.2, 0) is 9.59 Å². The number of likely N-dealkylation sites (N-methyl/N-ethyl adjacent to an activating group) is 1. The van der Waals surface area contributed by atoms with Gasteiger partial charge in [-0.2, -0.15) is 0 Å². The van der Waals surface area contributed by atoms with Gasteiger partial charge in [0, 0.05) is 25.9 Å². The predicted molar refractivity (Wildman–Crippen MR) is 62.1 cm³/mol. The van der Waals surface area contributed by atoms with Crippen LogP contribution < -0.4 is 5.32 Å². The average molecular weight is 240 g/mol. The molecule has 2 amide bonds. The lowest BCUT2D eigenvalue weighted by Gasteiger charge is -2.25. The van der Waals surface area contributed by atoms with Crippen LogP contribution in [0.3, 0.4) is 0 Å². The molecule has 2 aliphatic rings. The second-order valence-corrected chi connectivity index (χ2v) is 5.14. The molecular weight excluding hydrogens is 220 g/mol. The van der Waals surface area contributed by atoms with Gasteiger partial charge in [-0.05, 0) is 19.3 Å². The van der Waals surface area contributed by atoms with E-state index in [1.165, 1.54) is 0 Å². The van der Waals surface area contributed by atoms with Gasteiger partial charge in [-0.15, -0.1) is 0 Å². The molecule has 1 saturated heterocycles. The molecule has 1 heterocycles. The van der Waals surface area contributed by atoms with Crippen molar-refractivity contribution in [3.05, 3.63) is 0 Å². The first-order chi connectivity index (χ1) is 8.08. The summed E-state index contributed by atoms with van der Waals surface area (Å²) in [4.78, 5) is 24.7. The summed E-state index contributed by atoms with van der Waals surface area (Å²) in [5, 5.41) is 12.4. The molecule has 17 heavy (non-hydrogen) atoms. The molecule has 2 fully saturated rings. The van der Waals surface area contributed by atoms with E-state index >= 15 is 0 Å². The van der Waals surface area contributed by atoms with E-state index in [-0.39, 0.29) is 29.9 Å². The van der Waals surface area contributed by atoms with Gasteiger partial charge in [-0.1, -0.05) is 6.42 Å². The first-order valence-electron chi connectivity index (χ1n) is 6.30. The zero-order chi connectivity index (χ0) is 12.4. The smallest absolute Gasteiger partial charge is 0.244 e. The van der Waals surface area contributed by atoms with Crippen molar-refractivity contribution in [1.82, 2.24) is 10.2 Å². The van der Waals surface area contributed by atoms with Crippen LogP contribution in [0.5, 0.6) is 0 Å². The standard InChI is InChI=1S/C12H20N2O3/c1-14(7-8-3-2-4-10(8)15)12(17)9-5-6-11(16)13-9/h8-10,15H,2-7H2,1H3,(H,13,16)/t8-,9+,10-/m0/s1. The number of rotatable bonds is 3. The van der Waals surface area contributed by atoms with Crippen LogP contribution in [-0.4, -0.2) is 47.6 Å². The minimum Gasteiger partial charge on any atom is -0.393 e. The number of nitrogens with one attached hydrogen (secondary N) is 1.